The molecule has 0 bridgehead atoms. The van der Waals surface area contributed by atoms with Crippen LogP contribution in [0, 0.1) is 17.2 Å². The molecule has 1 amide bonds. The number of H-pyrrole nitrogens is 1. The maximum atomic E-state index is 12.8. The van der Waals surface area contributed by atoms with Gasteiger partial charge in [-0.3, -0.25) is 9.59 Å². The van der Waals surface area contributed by atoms with Crippen LogP contribution in [0.4, 0.5) is 11.6 Å². The Kier molecular flexibility index (Phi) is 8.09. The van der Waals surface area contributed by atoms with Gasteiger partial charge in [-0.2, -0.15) is 5.26 Å². The number of nitriles is 1. The number of carbonyl (C=O) groups excluding carboxylic acids is 1. The van der Waals surface area contributed by atoms with Gasteiger partial charge in [-0.25, -0.2) is 14.8 Å². The van der Waals surface area contributed by atoms with Crippen molar-refractivity contribution in [3.8, 4) is 11.8 Å². The van der Waals surface area contributed by atoms with E-state index >= 15 is 0 Å². The Balaban J connectivity index is 1.45. The number of rotatable bonds is 10. The number of carboxylic acids is 2. The summed E-state index contributed by atoms with van der Waals surface area (Å²) in [6.45, 7) is 0. The first-order chi connectivity index (χ1) is 20.2. The molecule has 5 N–H and O–H groups in total. The Morgan fingerprint density at radius 3 is 2.67 bits per heavy atom. The average molecular weight is 573 g/mol. The molecule has 216 valence electrons. The molecule has 3 aromatic heterocycles. The molecule has 0 aliphatic heterocycles. The van der Waals surface area contributed by atoms with E-state index in [0.717, 1.165) is 36.6 Å². The summed E-state index contributed by atoms with van der Waals surface area (Å²) in [6, 6.07) is 6.75. The third-order valence-electron chi connectivity index (χ3n) is 7.51. The Hall–Kier alpha value is -5.32. The van der Waals surface area contributed by atoms with Crippen LogP contribution >= 0.6 is 0 Å². The summed E-state index contributed by atoms with van der Waals surface area (Å²) in [4.78, 5) is 47.4. The lowest BCUT2D eigenvalue weighted by Gasteiger charge is -2.29. The lowest BCUT2D eigenvalue weighted by Crippen LogP contribution is -2.41. The van der Waals surface area contributed by atoms with E-state index in [0.29, 0.717) is 29.5 Å². The number of imidazole rings is 1. The van der Waals surface area contributed by atoms with Crippen molar-refractivity contribution in [2.24, 2.45) is 16.1 Å². The number of phenolic OH excluding ortho intramolecular Hbond substituents is 1. The van der Waals surface area contributed by atoms with Crippen LogP contribution in [0.5, 0.6) is 5.75 Å². The van der Waals surface area contributed by atoms with Crippen molar-refractivity contribution >= 4 is 51.5 Å². The number of hydrogen-bond donors (Lipinski definition) is 5. The van der Waals surface area contributed by atoms with Gasteiger partial charge in [-0.15, -0.1) is 10.2 Å². The van der Waals surface area contributed by atoms with Crippen molar-refractivity contribution in [1.82, 2.24) is 24.8 Å². The third-order valence-corrected chi connectivity index (χ3v) is 7.51. The topological polar surface area (TPSA) is 219 Å². The fourth-order valence-electron chi connectivity index (χ4n) is 5.36. The van der Waals surface area contributed by atoms with E-state index in [4.69, 9.17) is 10.4 Å². The maximum absolute atomic E-state index is 12.8. The zero-order valence-electron chi connectivity index (χ0n) is 22.4. The van der Waals surface area contributed by atoms with E-state index in [2.05, 4.69) is 36.6 Å². The smallest absolute Gasteiger partial charge is 0.326 e. The van der Waals surface area contributed by atoms with Crippen LogP contribution in [0.15, 0.2) is 46.9 Å². The summed E-state index contributed by atoms with van der Waals surface area (Å²) in [6.07, 6.45) is 6.69. The number of aromatic amines is 1. The number of azo groups is 1. The summed E-state index contributed by atoms with van der Waals surface area (Å²) in [5.74, 6) is -3.21. The summed E-state index contributed by atoms with van der Waals surface area (Å²) < 4.78 is 2.05. The van der Waals surface area contributed by atoms with Crippen LogP contribution in [0.1, 0.15) is 61.3 Å². The molecule has 14 nitrogen and oxygen atoms in total. The fraction of sp³-hybridized carbons (Fsp3) is 0.357. The summed E-state index contributed by atoms with van der Waals surface area (Å²) >= 11 is 0. The second kappa shape index (κ2) is 12.0. The van der Waals surface area contributed by atoms with Gasteiger partial charge in [0.15, 0.2) is 0 Å². The van der Waals surface area contributed by atoms with Crippen LogP contribution in [0.25, 0.3) is 22.1 Å². The zero-order valence-corrected chi connectivity index (χ0v) is 22.4. The van der Waals surface area contributed by atoms with Crippen molar-refractivity contribution in [3.63, 3.8) is 0 Å². The van der Waals surface area contributed by atoms with E-state index in [-0.39, 0.29) is 23.7 Å². The van der Waals surface area contributed by atoms with Gasteiger partial charge in [0.25, 0.3) is 11.9 Å². The number of nitrogens with one attached hydrogen (secondary N) is 2. The molecule has 0 radical (unpaired) electrons. The van der Waals surface area contributed by atoms with Gasteiger partial charge in [0, 0.05) is 30.5 Å². The first kappa shape index (κ1) is 28.2. The molecule has 4 aromatic rings. The zero-order chi connectivity index (χ0) is 29.8. The standard InChI is InChI=1S/C28H28N8O6/c29-11-9-15-1-4-17(5-2-15)36-24-18-10-12-30-25(18)31-14-21(24)33-28(36)35-34-16-3-7-22(37)19(13-16)26(40)32-20(27(41)42)6-8-23(38)39/h3,7,10,12-15,17,20,37H,1-2,4-6,8-9H2,(H,30,31)(H,32,40)(H,38,39)(H,41,42)/b35-34+/t15?,17?,20-/m1/s1. The predicted octanol–water partition coefficient (Wildman–Crippen LogP) is 4.73. The van der Waals surface area contributed by atoms with Gasteiger partial charge in [-0.05, 0) is 62.3 Å². The number of hydrogen-bond acceptors (Lipinski definition) is 9. The van der Waals surface area contributed by atoms with Crippen LogP contribution in [-0.4, -0.2) is 58.7 Å². The van der Waals surface area contributed by atoms with E-state index in [9.17, 15) is 24.6 Å². The third kappa shape index (κ3) is 5.90. The molecule has 0 spiro atoms. The fourth-order valence-corrected chi connectivity index (χ4v) is 5.36. The highest BCUT2D eigenvalue weighted by molar-refractivity contribution is 6.02. The minimum atomic E-state index is -1.46. The van der Waals surface area contributed by atoms with E-state index in [1.807, 2.05) is 10.6 Å². The molecule has 1 aromatic carbocycles. The SMILES string of the molecule is N#CCC1CCC(n2c(/N=N/c3ccc(O)c(C(=O)N[C@H](CCC(=O)O)C(=O)O)c3)nc3cnc4[nH]ccc4c32)CC1. The van der Waals surface area contributed by atoms with E-state index < -0.39 is 36.1 Å². The van der Waals surface area contributed by atoms with Crippen molar-refractivity contribution in [2.75, 3.05) is 0 Å². The summed E-state index contributed by atoms with van der Waals surface area (Å²) in [5, 5.41) is 49.5. The Morgan fingerprint density at radius 1 is 1.17 bits per heavy atom. The predicted molar refractivity (Wildman–Crippen MR) is 149 cm³/mol. The lowest BCUT2D eigenvalue weighted by molar-refractivity contribution is -0.140. The minimum absolute atomic E-state index is 0.0688. The summed E-state index contributed by atoms with van der Waals surface area (Å²) in [7, 11) is 0. The molecular weight excluding hydrogens is 544 g/mol. The molecular formula is C28H28N8O6. The maximum Gasteiger partial charge on any atom is 0.326 e. The number of phenols is 1. The molecule has 42 heavy (non-hydrogen) atoms. The largest absolute Gasteiger partial charge is 0.507 e. The molecule has 1 fully saturated rings. The Labute approximate surface area is 238 Å². The van der Waals surface area contributed by atoms with Crippen LogP contribution in [0.3, 0.4) is 0 Å². The van der Waals surface area contributed by atoms with E-state index in [1.165, 1.54) is 18.2 Å². The monoisotopic (exact) mass is 572 g/mol. The van der Waals surface area contributed by atoms with Gasteiger partial charge in [-0.1, -0.05) is 0 Å². The molecule has 1 aliphatic rings. The van der Waals surface area contributed by atoms with Gasteiger partial charge in [0.05, 0.1) is 29.0 Å². The number of benzene rings is 1. The molecule has 1 aliphatic carbocycles. The molecule has 3 heterocycles. The number of fused-ring (bicyclic) bond motifs is 3. The van der Waals surface area contributed by atoms with Gasteiger partial charge in [0.2, 0.25) is 0 Å². The summed E-state index contributed by atoms with van der Waals surface area (Å²) in [5.41, 5.74) is 2.18. The van der Waals surface area contributed by atoms with Gasteiger partial charge < -0.3 is 30.2 Å². The highest BCUT2D eigenvalue weighted by atomic mass is 16.4. The second-order valence-electron chi connectivity index (χ2n) is 10.2. The highest BCUT2D eigenvalue weighted by Crippen LogP contribution is 2.40. The number of nitrogens with zero attached hydrogens (tertiary/aromatic N) is 6. The molecule has 14 heteroatoms. The van der Waals surface area contributed by atoms with Crippen molar-refractivity contribution in [2.45, 2.75) is 57.0 Å². The lowest BCUT2D eigenvalue weighted by atomic mass is 9.84. The van der Waals surface area contributed by atoms with Crippen molar-refractivity contribution in [3.05, 3.63) is 42.2 Å². The normalized spacial score (nSPS) is 17.8. The number of carboxylic acid groups (broad SMARTS) is 2. The quantitative estimate of drug-likeness (QED) is 0.166. The molecule has 5 rings (SSSR count). The average Bonchev–Trinajstić information content (AvgIpc) is 3.59. The Morgan fingerprint density at radius 2 is 1.95 bits per heavy atom. The number of aromatic hydroxyl groups is 1. The molecule has 0 unspecified atom stereocenters. The number of carbonyl (C=O) groups is 3. The number of aliphatic carboxylic acids is 2. The minimum Gasteiger partial charge on any atom is -0.507 e. The highest BCUT2D eigenvalue weighted by Gasteiger charge is 2.27. The van der Waals surface area contributed by atoms with Crippen LogP contribution in [0.2, 0.25) is 0 Å². The number of pyridine rings is 1. The number of aromatic nitrogens is 4. The first-order valence-electron chi connectivity index (χ1n) is 13.5. The molecule has 1 atom stereocenters. The number of amides is 1. The van der Waals surface area contributed by atoms with Crippen LogP contribution < -0.4 is 5.32 Å². The van der Waals surface area contributed by atoms with Crippen molar-refractivity contribution in [1.29, 1.82) is 5.26 Å². The van der Waals surface area contributed by atoms with Gasteiger partial charge in [0.1, 0.15) is 23.0 Å². The second-order valence-corrected chi connectivity index (χ2v) is 10.2. The molecule has 1 saturated carbocycles. The first-order valence-corrected chi connectivity index (χ1v) is 13.5. The van der Waals surface area contributed by atoms with Crippen molar-refractivity contribution < 1.29 is 29.7 Å². The Bertz CT molecular complexity index is 1730. The van der Waals surface area contributed by atoms with Crippen LogP contribution in [-0.2, 0) is 9.59 Å². The van der Waals surface area contributed by atoms with Gasteiger partial charge >= 0.3 is 11.9 Å². The molecule has 0 saturated heterocycles. The van der Waals surface area contributed by atoms with E-state index in [1.54, 1.807) is 12.4 Å².